The SMILES string of the molecule is COCC(O)CCNC(=O)/C=C/c1nc2ccccc2o1. The standard InChI is InChI=1S/C15H18N2O4/c1-20-10-11(18)8-9-16-14(19)6-7-15-17-12-4-2-3-5-13(12)21-15/h2-7,11,18H,8-10H2,1H3,(H,16,19)/b7-6+. The monoisotopic (exact) mass is 290 g/mol. The quantitative estimate of drug-likeness (QED) is 0.752. The number of oxazole rings is 1. The van der Waals surface area contributed by atoms with Gasteiger partial charge in [-0.2, -0.15) is 0 Å². The van der Waals surface area contributed by atoms with Crippen LogP contribution in [0.3, 0.4) is 0 Å². The van der Waals surface area contributed by atoms with E-state index >= 15 is 0 Å². The fraction of sp³-hybridized carbons (Fsp3) is 0.333. The molecule has 0 saturated heterocycles. The average Bonchev–Trinajstić information content (AvgIpc) is 2.88. The van der Waals surface area contributed by atoms with Crippen LogP contribution in [-0.2, 0) is 9.53 Å². The number of aromatic nitrogens is 1. The molecule has 0 spiro atoms. The van der Waals surface area contributed by atoms with E-state index in [9.17, 15) is 9.90 Å². The van der Waals surface area contributed by atoms with Crippen LogP contribution in [0.4, 0.5) is 0 Å². The molecule has 2 aromatic rings. The van der Waals surface area contributed by atoms with Crippen molar-refractivity contribution in [1.29, 1.82) is 0 Å². The van der Waals surface area contributed by atoms with Crippen LogP contribution in [0.2, 0.25) is 0 Å². The van der Waals surface area contributed by atoms with Crippen LogP contribution in [0.1, 0.15) is 12.3 Å². The van der Waals surface area contributed by atoms with Crippen LogP contribution in [0.15, 0.2) is 34.8 Å². The van der Waals surface area contributed by atoms with Crippen molar-refractivity contribution in [2.45, 2.75) is 12.5 Å². The van der Waals surface area contributed by atoms with E-state index < -0.39 is 6.10 Å². The van der Waals surface area contributed by atoms with E-state index in [0.29, 0.717) is 24.4 Å². The Kier molecular flexibility index (Phi) is 5.48. The second-order valence-electron chi connectivity index (χ2n) is 4.54. The Bertz CT molecular complexity index is 588. The van der Waals surface area contributed by atoms with Crippen molar-refractivity contribution in [2.24, 2.45) is 0 Å². The number of amides is 1. The van der Waals surface area contributed by atoms with Crippen LogP contribution in [0.25, 0.3) is 17.2 Å². The first-order chi connectivity index (χ1) is 10.2. The van der Waals surface area contributed by atoms with Gasteiger partial charge >= 0.3 is 0 Å². The maximum atomic E-state index is 11.6. The number of hydrogen-bond acceptors (Lipinski definition) is 5. The number of methoxy groups -OCH3 is 1. The summed E-state index contributed by atoms with van der Waals surface area (Å²) in [6.45, 7) is 0.635. The number of para-hydroxylation sites is 2. The zero-order chi connectivity index (χ0) is 15.1. The van der Waals surface area contributed by atoms with E-state index in [1.165, 1.54) is 19.3 Å². The third-order valence-electron chi connectivity index (χ3n) is 2.82. The highest BCUT2D eigenvalue weighted by Crippen LogP contribution is 2.15. The van der Waals surface area contributed by atoms with Crippen molar-refractivity contribution in [3.8, 4) is 0 Å². The van der Waals surface area contributed by atoms with Gasteiger partial charge in [0.05, 0.1) is 12.7 Å². The minimum absolute atomic E-state index is 0.259. The first-order valence-corrected chi connectivity index (χ1v) is 6.67. The summed E-state index contributed by atoms with van der Waals surface area (Å²) in [6.07, 6.45) is 2.74. The van der Waals surface area contributed by atoms with Gasteiger partial charge in [0, 0.05) is 25.8 Å². The highest BCUT2D eigenvalue weighted by atomic mass is 16.5. The third kappa shape index (κ3) is 4.70. The maximum Gasteiger partial charge on any atom is 0.244 e. The van der Waals surface area contributed by atoms with Gasteiger partial charge in [-0.25, -0.2) is 4.98 Å². The molecule has 0 aliphatic carbocycles. The van der Waals surface area contributed by atoms with E-state index in [1.807, 2.05) is 24.3 Å². The molecule has 0 bridgehead atoms. The summed E-state index contributed by atoms with van der Waals surface area (Å²) in [7, 11) is 1.52. The molecule has 2 N–H and O–H groups in total. The number of ether oxygens (including phenoxy) is 1. The lowest BCUT2D eigenvalue weighted by atomic mass is 10.2. The highest BCUT2D eigenvalue weighted by molar-refractivity contribution is 5.91. The fourth-order valence-electron chi connectivity index (χ4n) is 1.80. The largest absolute Gasteiger partial charge is 0.437 e. The molecule has 0 saturated carbocycles. The van der Waals surface area contributed by atoms with Crippen molar-refractivity contribution in [2.75, 3.05) is 20.3 Å². The number of aliphatic hydroxyl groups excluding tert-OH is 1. The lowest BCUT2D eigenvalue weighted by Gasteiger charge is -2.08. The first kappa shape index (κ1) is 15.2. The summed E-state index contributed by atoms with van der Waals surface area (Å²) in [5.41, 5.74) is 1.43. The van der Waals surface area contributed by atoms with Gasteiger partial charge in [-0.1, -0.05) is 12.1 Å². The topological polar surface area (TPSA) is 84.6 Å². The van der Waals surface area contributed by atoms with Crippen LogP contribution in [0, 0.1) is 0 Å². The number of nitrogens with one attached hydrogen (secondary N) is 1. The number of nitrogens with zero attached hydrogens (tertiary/aromatic N) is 1. The Balaban J connectivity index is 1.81. The van der Waals surface area contributed by atoms with Crippen LogP contribution in [0.5, 0.6) is 0 Å². The normalized spacial score (nSPS) is 12.9. The molecule has 6 heteroatoms. The van der Waals surface area contributed by atoms with Gasteiger partial charge in [0.25, 0.3) is 0 Å². The molecule has 0 radical (unpaired) electrons. The molecule has 1 aromatic heterocycles. The minimum atomic E-state index is -0.573. The summed E-state index contributed by atoms with van der Waals surface area (Å²) >= 11 is 0. The Morgan fingerprint density at radius 2 is 2.33 bits per heavy atom. The molecule has 1 heterocycles. The maximum absolute atomic E-state index is 11.6. The van der Waals surface area contributed by atoms with E-state index in [2.05, 4.69) is 10.3 Å². The molecule has 21 heavy (non-hydrogen) atoms. The van der Waals surface area contributed by atoms with E-state index in [-0.39, 0.29) is 12.5 Å². The third-order valence-corrected chi connectivity index (χ3v) is 2.82. The number of benzene rings is 1. The van der Waals surface area contributed by atoms with Crippen molar-refractivity contribution < 1.29 is 19.1 Å². The molecule has 0 fully saturated rings. The van der Waals surface area contributed by atoms with Crippen LogP contribution < -0.4 is 5.32 Å². The second kappa shape index (κ2) is 7.56. The Morgan fingerprint density at radius 3 is 3.10 bits per heavy atom. The molecule has 2 rings (SSSR count). The number of hydrogen-bond donors (Lipinski definition) is 2. The summed E-state index contributed by atoms with van der Waals surface area (Å²) in [4.78, 5) is 15.8. The lowest BCUT2D eigenvalue weighted by Crippen LogP contribution is -2.27. The van der Waals surface area contributed by atoms with Crippen molar-refractivity contribution in [3.63, 3.8) is 0 Å². The average molecular weight is 290 g/mol. The summed E-state index contributed by atoms with van der Waals surface area (Å²) in [6, 6.07) is 7.39. The molecule has 1 amide bonds. The van der Waals surface area contributed by atoms with Gasteiger partial charge in [0.1, 0.15) is 5.52 Å². The lowest BCUT2D eigenvalue weighted by molar-refractivity contribution is -0.116. The molecule has 0 aliphatic heterocycles. The fourth-order valence-corrected chi connectivity index (χ4v) is 1.80. The molecular weight excluding hydrogens is 272 g/mol. The number of rotatable bonds is 7. The Hall–Kier alpha value is -2.18. The molecular formula is C15H18N2O4. The second-order valence-corrected chi connectivity index (χ2v) is 4.54. The van der Waals surface area contributed by atoms with Gasteiger partial charge in [0.2, 0.25) is 11.8 Å². The molecule has 1 unspecified atom stereocenters. The molecule has 1 atom stereocenters. The molecule has 6 nitrogen and oxygen atoms in total. The van der Waals surface area contributed by atoms with E-state index in [4.69, 9.17) is 9.15 Å². The van der Waals surface area contributed by atoms with Gasteiger partial charge < -0.3 is 19.6 Å². The van der Waals surface area contributed by atoms with Gasteiger partial charge in [0.15, 0.2) is 5.58 Å². The minimum Gasteiger partial charge on any atom is -0.437 e. The number of aliphatic hydroxyl groups is 1. The summed E-state index contributed by atoms with van der Waals surface area (Å²) < 4.78 is 10.3. The van der Waals surface area contributed by atoms with E-state index in [0.717, 1.165) is 5.52 Å². The molecule has 0 aliphatic rings. The predicted octanol–water partition coefficient (Wildman–Crippen LogP) is 1.35. The van der Waals surface area contributed by atoms with Crippen LogP contribution >= 0.6 is 0 Å². The summed E-state index contributed by atoms with van der Waals surface area (Å²) in [5, 5.41) is 12.1. The number of fused-ring (bicyclic) bond motifs is 1. The molecule has 1 aromatic carbocycles. The van der Waals surface area contributed by atoms with Crippen LogP contribution in [-0.4, -0.2) is 42.4 Å². The van der Waals surface area contributed by atoms with E-state index in [1.54, 1.807) is 0 Å². The van der Waals surface area contributed by atoms with Gasteiger partial charge in [-0.3, -0.25) is 4.79 Å². The first-order valence-electron chi connectivity index (χ1n) is 6.67. The van der Waals surface area contributed by atoms with Gasteiger partial charge in [-0.15, -0.1) is 0 Å². The van der Waals surface area contributed by atoms with Crippen molar-refractivity contribution in [3.05, 3.63) is 36.2 Å². The highest BCUT2D eigenvalue weighted by Gasteiger charge is 2.04. The van der Waals surface area contributed by atoms with Gasteiger partial charge in [-0.05, 0) is 18.6 Å². The zero-order valence-electron chi connectivity index (χ0n) is 11.8. The Morgan fingerprint density at radius 1 is 1.52 bits per heavy atom. The zero-order valence-corrected chi connectivity index (χ0v) is 11.8. The number of carbonyl (C=O) groups excluding carboxylic acids is 1. The molecule has 112 valence electrons. The Labute approximate surface area is 122 Å². The van der Waals surface area contributed by atoms with Crippen molar-refractivity contribution in [1.82, 2.24) is 10.3 Å². The smallest absolute Gasteiger partial charge is 0.244 e. The number of carbonyl (C=O) groups is 1. The summed E-state index contributed by atoms with van der Waals surface area (Å²) in [5.74, 6) is 0.118. The van der Waals surface area contributed by atoms with Crippen molar-refractivity contribution >= 4 is 23.1 Å². The predicted molar refractivity (Wildman–Crippen MR) is 78.6 cm³/mol.